The Hall–Kier alpha value is -1.20. The lowest BCUT2D eigenvalue weighted by atomic mass is 10.4. The molecule has 6 heteroatoms. The van der Waals surface area contributed by atoms with Gasteiger partial charge in [0, 0.05) is 12.7 Å². The van der Waals surface area contributed by atoms with Crippen molar-refractivity contribution in [1.29, 1.82) is 0 Å². The summed E-state index contributed by atoms with van der Waals surface area (Å²) in [5.74, 6) is 0. The van der Waals surface area contributed by atoms with Crippen molar-refractivity contribution in [3.63, 3.8) is 0 Å². The summed E-state index contributed by atoms with van der Waals surface area (Å²) in [7, 11) is 0. The molecule has 12 heavy (non-hydrogen) atoms. The van der Waals surface area contributed by atoms with Crippen LogP contribution in [0.25, 0.3) is 0 Å². The second kappa shape index (κ2) is 2.69. The summed E-state index contributed by atoms with van der Waals surface area (Å²) in [5, 5.41) is 3.27. The van der Waals surface area contributed by atoms with Crippen molar-refractivity contribution in [2.75, 3.05) is 5.73 Å². The van der Waals surface area contributed by atoms with Crippen LogP contribution in [0.2, 0.25) is 0 Å². The van der Waals surface area contributed by atoms with Crippen LogP contribution in [0.3, 0.4) is 0 Å². The smallest absolute Gasteiger partial charge is 0.396 e. The average molecular weight is 179 g/mol. The molecule has 0 fully saturated rings. The maximum Gasteiger partial charge on any atom is 0.437 e. The zero-order valence-corrected chi connectivity index (χ0v) is 6.39. The summed E-state index contributed by atoms with van der Waals surface area (Å²) in [6.07, 6.45) is -3.28. The molecule has 0 aliphatic carbocycles. The van der Waals surface area contributed by atoms with E-state index < -0.39 is 11.9 Å². The van der Waals surface area contributed by atoms with Gasteiger partial charge in [-0.2, -0.15) is 18.3 Å². The maximum atomic E-state index is 12.0. The zero-order valence-electron chi connectivity index (χ0n) is 6.39. The van der Waals surface area contributed by atoms with E-state index in [4.69, 9.17) is 5.73 Å². The molecule has 0 saturated carbocycles. The van der Waals surface area contributed by atoms with Gasteiger partial charge in [0.2, 0.25) is 0 Å². The van der Waals surface area contributed by atoms with Crippen LogP contribution in [0, 0.1) is 0 Å². The summed E-state index contributed by atoms with van der Waals surface area (Å²) >= 11 is 0. The van der Waals surface area contributed by atoms with Crippen LogP contribution < -0.4 is 5.73 Å². The van der Waals surface area contributed by atoms with Gasteiger partial charge in [0.1, 0.15) is 0 Å². The van der Waals surface area contributed by atoms with E-state index in [9.17, 15) is 13.2 Å². The molecule has 3 nitrogen and oxygen atoms in total. The minimum atomic E-state index is -4.45. The molecule has 0 atom stereocenters. The predicted octanol–water partition coefficient (Wildman–Crippen LogP) is 1.50. The number of nitrogens with zero attached hydrogens (tertiary/aromatic N) is 2. The molecule has 0 unspecified atom stereocenters. The highest BCUT2D eigenvalue weighted by Crippen LogP contribution is 2.31. The lowest BCUT2D eigenvalue weighted by Gasteiger charge is -2.01. The molecule has 1 heterocycles. The Morgan fingerprint density at radius 3 is 2.42 bits per heavy atom. The molecule has 0 aromatic carbocycles. The van der Waals surface area contributed by atoms with E-state index in [-0.39, 0.29) is 5.69 Å². The quantitative estimate of drug-likeness (QED) is 0.710. The van der Waals surface area contributed by atoms with Crippen LogP contribution in [0.15, 0.2) is 6.20 Å². The van der Waals surface area contributed by atoms with Crippen molar-refractivity contribution in [1.82, 2.24) is 9.78 Å². The van der Waals surface area contributed by atoms with Gasteiger partial charge in [-0.25, -0.2) is 0 Å². The second-order valence-corrected chi connectivity index (χ2v) is 2.29. The Labute approximate surface area is 67.0 Å². The van der Waals surface area contributed by atoms with E-state index in [1.807, 2.05) is 0 Å². The molecule has 1 aromatic rings. The summed E-state index contributed by atoms with van der Waals surface area (Å²) in [5.41, 5.74) is 3.76. The molecule has 0 spiro atoms. The van der Waals surface area contributed by atoms with E-state index in [0.29, 0.717) is 6.54 Å². The molecule has 0 amide bonds. The molecule has 0 aliphatic heterocycles. The Morgan fingerprint density at radius 2 is 2.17 bits per heavy atom. The van der Waals surface area contributed by atoms with E-state index in [1.54, 1.807) is 6.92 Å². The van der Waals surface area contributed by atoms with E-state index >= 15 is 0 Å². The van der Waals surface area contributed by atoms with Gasteiger partial charge >= 0.3 is 6.18 Å². The number of aromatic nitrogens is 2. The highest BCUT2D eigenvalue weighted by Gasteiger charge is 2.36. The standard InChI is InChI=1S/C6H8F3N3/c1-2-12-3-4(10)5(11-12)6(7,8)9/h3H,2,10H2,1H3. The summed E-state index contributed by atoms with van der Waals surface area (Å²) in [6, 6.07) is 0. The molecule has 0 aliphatic rings. The van der Waals surface area contributed by atoms with Gasteiger partial charge < -0.3 is 5.73 Å². The monoisotopic (exact) mass is 179 g/mol. The first-order chi connectivity index (χ1) is 5.45. The van der Waals surface area contributed by atoms with Gasteiger partial charge in [-0.3, -0.25) is 4.68 Å². The first kappa shape index (κ1) is 8.89. The van der Waals surface area contributed by atoms with Gasteiger partial charge in [-0.1, -0.05) is 0 Å². The number of halogens is 3. The lowest BCUT2D eigenvalue weighted by Crippen LogP contribution is -2.09. The van der Waals surface area contributed by atoms with Crippen LogP contribution in [0.5, 0.6) is 0 Å². The fraction of sp³-hybridized carbons (Fsp3) is 0.500. The number of hydrogen-bond donors (Lipinski definition) is 1. The molecular formula is C6H8F3N3. The van der Waals surface area contributed by atoms with Crippen LogP contribution in [-0.4, -0.2) is 9.78 Å². The lowest BCUT2D eigenvalue weighted by molar-refractivity contribution is -0.140. The van der Waals surface area contributed by atoms with Gasteiger partial charge in [0.05, 0.1) is 5.69 Å². The SMILES string of the molecule is CCn1cc(N)c(C(F)(F)F)n1. The van der Waals surface area contributed by atoms with Crippen molar-refractivity contribution in [2.24, 2.45) is 0 Å². The Morgan fingerprint density at radius 1 is 1.58 bits per heavy atom. The van der Waals surface area contributed by atoms with Gasteiger partial charge in [0.25, 0.3) is 0 Å². The first-order valence-electron chi connectivity index (χ1n) is 3.35. The fourth-order valence-electron chi connectivity index (χ4n) is 0.819. The topological polar surface area (TPSA) is 43.8 Å². The van der Waals surface area contributed by atoms with Crippen molar-refractivity contribution in [2.45, 2.75) is 19.6 Å². The number of alkyl halides is 3. The van der Waals surface area contributed by atoms with Crippen molar-refractivity contribution < 1.29 is 13.2 Å². The number of rotatable bonds is 1. The average Bonchev–Trinajstić information content (AvgIpc) is 2.29. The Balaban J connectivity index is 3.08. The number of anilines is 1. The third-order valence-corrected chi connectivity index (χ3v) is 1.38. The molecule has 0 radical (unpaired) electrons. The van der Waals surface area contributed by atoms with Crippen LogP contribution in [-0.2, 0) is 12.7 Å². The summed E-state index contributed by atoms with van der Waals surface area (Å²) < 4.78 is 37.3. The van der Waals surface area contributed by atoms with Crippen LogP contribution in [0.1, 0.15) is 12.6 Å². The molecule has 2 N–H and O–H groups in total. The highest BCUT2D eigenvalue weighted by molar-refractivity contribution is 5.42. The third kappa shape index (κ3) is 1.51. The van der Waals surface area contributed by atoms with Crippen molar-refractivity contribution >= 4 is 5.69 Å². The maximum absolute atomic E-state index is 12.0. The summed E-state index contributed by atoms with van der Waals surface area (Å²) in [4.78, 5) is 0. The van der Waals surface area contributed by atoms with Crippen molar-refractivity contribution in [3.8, 4) is 0 Å². The fourth-order valence-corrected chi connectivity index (χ4v) is 0.819. The zero-order chi connectivity index (χ0) is 9.35. The molecular weight excluding hydrogens is 171 g/mol. The van der Waals surface area contributed by atoms with E-state index in [0.717, 1.165) is 4.68 Å². The molecule has 0 saturated heterocycles. The Kier molecular flexibility index (Phi) is 1.99. The minimum Gasteiger partial charge on any atom is -0.396 e. The highest BCUT2D eigenvalue weighted by atomic mass is 19.4. The molecule has 0 bridgehead atoms. The van der Waals surface area contributed by atoms with Crippen LogP contribution >= 0.6 is 0 Å². The first-order valence-corrected chi connectivity index (χ1v) is 3.35. The number of aryl methyl sites for hydroxylation is 1. The Bertz CT molecular complexity index is 276. The largest absolute Gasteiger partial charge is 0.437 e. The third-order valence-electron chi connectivity index (χ3n) is 1.38. The van der Waals surface area contributed by atoms with Crippen molar-refractivity contribution in [3.05, 3.63) is 11.9 Å². The minimum absolute atomic E-state index is 0.329. The normalized spacial score (nSPS) is 12.0. The van der Waals surface area contributed by atoms with Crippen LogP contribution in [0.4, 0.5) is 18.9 Å². The predicted molar refractivity (Wildman–Crippen MR) is 37.3 cm³/mol. The molecule has 1 aromatic heterocycles. The second-order valence-electron chi connectivity index (χ2n) is 2.29. The molecule has 1 rings (SSSR count). The number of hydrogen-bond acceptors (Lipinski definition) is 2. The van der Waals surface area contributed by atoms with Gasteiger partial charge in [-0.05, 0) is 6.92 Å². The van der Waals surface area contributed by atoms with E-state index in [1.165, 1.54) is 6.20 Å². The van der Waals surface area contributed by atoms with E-state index in [2.05, 4.69) is 5.10 Å². The number of nitrogen functional groups attached to an aromatic ring is 1. The molecule has 68 valence electrons. The van der Waals surface area contributed by atoms with Gasteiger partial charge in [-0.15, -0.1) is 0 Å². The number of nitrogens with two attached hydrogens (primary N) is 1. The van der Waals surface area contributed by atoms with Gasteiger partial charge in [0.15, 0.2) is 5.69 Å². The summed E-state index contributed by atoms with van der Waals surface area (Å²) in [6.45, 7) is 2.06.